The Hall–Kier alpha value is -2.36. The first kappa shape index (κ1) is 19.4. The van der Waals surface area contributed by atoms with Gasteiger partial charge in [0, 0.05) is 24.3 Å². The van der Waals surface area contributed by atoms with E-state index >= 15 is 0 Å². The molecule has 8 nitrogen and oxygen atoms in total. The zero-order valence-corrected chi connectivity index (χ0v) is 16.1. The van der Waals surface area contributed by atoms with Gasteiger partial charge in [-0.2, -0.15) is 0 Å². The number of sulfonamides is 1. The molecule has 10 heteroatoms. The first-order valence-electron chi connectivity index (χ1n) is 8.09. The zero-order chi connectivity index (χ0) is 19.4. The average Bonchev–Trinajstić information content (AvgIpc) is 2.68. The van der Waals surface area contributed by atoms with E-state index in [1.165, 1.54) is 43.8 Å². The Balaban J connectivity index is 1.85. The van der Waals surface area contributed by atoms with Gasteiger partial charge in [0.25, 0.3) is 15.9 Å². The number of morpholine rings is 1. The summed E-state index contributed by atoms with van der Waals surface area (Å²) in [4.78, 5) is 18.1. The quantitative estimate of drug-likeness (QED) is 0.808. The minimum Gasteiger partial charge on any atom is -0.495 e. The molecular weight excluding hydrogens is 394 g/mol. The number of ether oxygens (including phenoxy) is 2. The van der Waals surface area contributed by atoms with E-state index < -0.39 is 10.0 Å². The standard InChI is InChI=1S/C17H18ClN3O5S/c1-25-15-3-2-13(18)9-16(15)27(23,24)20-14-8-12(10-19-11-14)17(22)21-4-6-26-7-5-21/h2-3,8-11,20H,4-7H2,1H3. The summed E-state index contributed by atoms with van der Waals surface area (Å²) < 4.78 is 38.2. The van der Waals surface area contributed by atoms with Crippen molar-refractivity contribution in [3.8, 4) is 5.75 Å². The van der Waals surface area contributed by atoms with Gasteiger partial charge in [-0.15, -0.1) is 0 Å². The lowest BCUT2D eigenvalue weighted by Crippen LogP contribution is -2.40. The molecule has 1 saturated heterocycles. The molecule has 1 aliphatic heterocycles. The third-order valence-electron chi connectivity index (χ3n) is 3.95. The maximum Gasteiger partial charge on any atom is 0.265 e. The Morgan fingerprint density at radius 2 is 2.00 bits per heavy atom. The van der Waals surface area contributed by atoms with Crippen LogP contribution in [0.4, 0.5) is 5.69 Å². The summed E-state index contributed by atoms with van der Waals surface area (Å²) in [7, 11) is -2.62. The number of nitrogens with one attached hydrogen (secondary N) is 1. The Labute approximate surface area is 162 Å². The molecule has 0 aliphatic carbocycles. The Morgan fingerprint density at radius 1 is 1.26 bits per heavy atom. The molecule has 0 radical (unpaired) electrons. The summed E-state index contributed by atoms with van der Waals surface area (Å²) in [6.07, 6.45) is 2.72. The van der Waals surface area contributed by atoms with E-state index in [1.807, 2.05) is 0 Å². The topological polar surface area (TPSA) is 97.8 Å². The second kappa shape index (κ2) is 8.12. The van der Waals surface area contributed by atoms with Crippen LogP contribution in [-0.4, -0.2) is 57.6 Å². The van der Waals surface area contributed by atoms with Gasteiger partial charge in [0.1, 0.15) is 10.6 Å². The third kappa shape index (κ3) is 4.49. The SMILES string of the molecule is COc1ccc(Cl)cc1S(=O)(=O)Nc1cncc(C(=O)N2CCOCC2)c1. The summed E-state index contributed by atoms with van der Waals surface area (Å²) in [5.74, 6) is -0.0763. The molecule has 0 bridgehead atoms. The number of amides is 1. The van der Waals surface area contributed by atoms with Crippen LogP contribution >= 0.6 is 11.6 Å². The Morgan fingerprint density at radius 3 is 2.70 bits per heavy atom. The number of pyridine rings is 1. The van der Waals surface area contributed by atoms with Crippen molar-refractivity contribution >= 4 is 33.2 Å². The summed E-state index contributed by atoms with van der Waals surface area (Å²) in [6.45, 7) is 1.91. The molecule has 0 unspecified atom stereocenters. The van der Waals surface area contributed by atoms with Crippen LogP contribution in [0.25, 0.3) is 0 Å². The van der Waals surface area contributed by atoms with Crippen LogP contribution in [0.15, 0.2) is 41.6 Å². The molecule has 2 aromatic rings. The van der Waals surface area contributed by atoms with Crippen LogP contribution in [0.2, 0.25) is 5.02 Å². The summed E-state index contributed by atoms with van der Waals surface area (Å²) in [6, 6.07) is 5.73. The fourth-order valence-electron chi connectivity index (χ4n) is 2.63. The van der Waals surface area contributed by atoms with E-state index in [9.17, 15) is 13.2 Å². The number of aromatic nitrogens is 1. The van der Waals surface area contributed by atoms with Gasteiger partial charge in [-0.1, -0.05) is 11.6 Å². The number of nitrogens with zero attached hydrogens (tertiary/aromatic N) is 2. The van der Waals surface area contributed by atoms with Gasteiger partial charge in [-0.25, -0.2) is 8.42 Å². The molecule has 0 saturated carbocycles. The highest BCUT2D eigenvalue weighted by Gasteiger charge is 2.22. The molecule has 1 aromatic carbocycles. The van der Waals surface area contributed by atoms with Crippen molar-refractivity contribution in [3.63, 3.8) is 0 Å². The summed E-state index contributed by atoms with van der Waals surface area (Å²) in [5, 5.41) is 0.255. The molecule has 1 N–H and O–H groups in total. The smallest absolute Gasteiger partial charge is 0.265 e. The van der Waals surface area contributed by atoms with E-state index in [2.05, 4.69) is 9.71 Å². The van der Waals surface area contributed by atoms with Crippen molar-refractivity contribution in [2.75, 3.05) is 38.1 Å². The highest BCUT2D eigenvalue weighted by Crippen LogP contribution is 2.28. The lowest BCUT2D eigenvalue weighted by molar-refractivity contribution is 0.0302. The van der Waals surface area contributed by atoms with Crippen molar-refractivity contribution in [3.05, 3.63) is 47.2 Å². The molecule has 2 heterocycles. The van der Waals surface area contributed by atoms with Gasteiger partial charge in [-0.3, -0.25) is 14.5 Å². The van der Waals surface area contributed by atoms with E-state index in [0.717, 1.165) is 0 Å². The molecule has 3 rings (SSSR count). The predicted molar refractivity (Wildman–Crippen MR) is 99.8 cm³/mol. The van der Waals surface area contributed by atoms with Gasteiger partial charge in [0.05, 0.1) is 37.8 Å². The molecule has 27 heavy (non-hydrogen) atoms. The zero-order valence-electron chi connectivity index (χ0n) is 14.5. The lowest BCUT2D eigenvalue weighted by atomic mass is 10.2. The Kier molecular flexibility index (Phi) is 5.83. The van der Waals surface area contributed by atoms with Crippen molar-refractivity contribution in [1.29, 1.82) is 0 Å². The molecule has 1 amide bonds. The first-order valence-corrected chi connectivity index (χ1v) is 9.95. The molecule has 0 atom stereocenters. The van der Waals surface area contributed by atoms with Crippen LogP contribution in [0.1, 0.15) is 10.4 Å². The fourth-order valence-corrected chi connectivity index (χ4v) is 4.10. The number of methoxy groups -OCH3 is 1. The van der Waals surface area contributed by atoms with E-state index in [-0.39, 0.29) is 32.8 Å². The number of benzene rings is 1. The second-order valence-electron chi connectivity index (χ2n) is 5.77. The largest absolute Gasteiger partial charge is 0.495 e. The molecular formula is C17H18ClN3O5S. The monoisotopic (exact) mass is 411 g/mol. The average molecular weight is 412 g/mol. The van der Waals surface area contributed by atoms with Crippen LogP contribution in [0.3, 0.4) is 0 Å². The van der Waals surface area contributed by atoms with Crippen LogP contribution in [0, 0.1) is 0 Å². The first-order chi connectivity index (χ1) is 12.9. The number of halogens is 1. The molecule has 1 fully saturated rings. The van der Waals surface area contributed by atoms with Crippen molar-refractivity contribution in [2.45, 2.75) is 4.90 Å². The van der Waals surface area contributed by atoms with Gasteiger partial charge >= 0.3 is 0 Å². The number of rotatable bonds is 5. The number of anilines is 1. The van der Waals surface area contributed by atoms with Crippen LogP contribution in [0.5, 0.6) is 5.75 Å². The number of carbonyl (C=O) groups is 1. The number of hydrogen-bond acceptors (Lipinski definition) is 6. The Bertz CT molecular complexity index is 945. The van der Waals surface area contributed by atoms with E-state index in [4.69, 9.17) is 21.1 Å². The fraction of sp³-hybridized carbons (Fsp3) is 0.294. The van der Waals surface area contributed by atoms with Gasteiger partial charge < -0.3 is 14.4 Å². The number of carbonyl (C=O) groups excluding carboxylic acids is 1. The molecule has 1 aliphatic rings. The van der Waals surface area contributed by atoms with E-state index in [1.54, 1.807) is 4.90 Å². The highest BCUT2D eigenvalue weighted by atomic mass is 35.5. The summed E-state index contributed by atoms with van der Waals surface area (Å²) >= 11 is 5.92. The van der Waals surface area contributed by atoms with Crippen LogP contribution in [-0.2, 0) is 14.8 Å². The molecule has 0 spiro atoms. The number of hydrogen-bond donors (Lipinski definition) is 1. The minimum absolute atomic E-state index is 0.109. The lowest BCUT2D eigenvalue weighted by Gasteiger charge is -2.26. The second-order valence-corrected chi connectivity index (χ2v) is 7.85. The van der Waals surface area contributed by atoms with Gasteiger partial charge in [-0.05, 0) is 24.3 Å². The third-order valence-corrected chi connectivity index (χ3v) is 5.59. The normalized spacial score (nSPS) is 14.7. The van der Waals surface area contributed by atoms with Gasteiger partial charge in [0.15, 0.2) is 0 Å². The minimum atomic E-state index is -3.99. The maximum absolute atomic E-state index is 12.7. The van der Waals surface area contributed by atoms with Crippen LogP contribution < -0.4 is 9.46 Å². The highest BCUT2D eigenvalue weighted by molar-refractivity contribution is 7.92. The predicted octanol–water partition coefficient (Wildman–Crippen LogP) is 2.02. The van der Waals surface area contributed by atoms with Crippen molar-refractivity contribution in [1.82, 2.24) is 9.88 Å². The van der Waals surface area contributed by atoms with Crippen molar-refractivity contribution in [2.24, 2.45) is 0 Å². The maximum atomic E-state index is 12.7. The van der Waals surface area contributed by atoms with Crippen molar-refractivity contribution < 1.29 is 22.7 Å². The molecule has 144 valence electrons. The van der Waals surface area contributed by atoms with E-state index in [0.29, 0.717) is 26.3 Å². The molecule has 1 aromatic heterocycles. The summed E-state index contributed by atoms with van der Waals surface area (Å²) in [5.41, 5.74) is 0.450. The van der Waals surface area contributed by atoms with Gasteiger partial charge in [0.2, 0.25) is 0 Å².